The number of piperazine rings is 1. The number of aromatic nitrogens is 2. The van der Waals surface area contributed by atoms with Crippen molar-refractivity contribution in [1.29, 1.82) is 0 Å². The summed E-state index contributed by atoms with van der Waals surface area (Å²) in [7, 11) is 0. The zero-order valence-corrected chi connectivity index (χ0v) is 18.3. The van der Waals surface area contributed by atoms with Gasteiger partial charge in [-0.1, -0.05) is 12.1 Å². The van der Waals surface area contributed by atoms with E-state index in [1.54, 1.807) is 35.2 Å². The highest BCUT2D eigenvalue weighted by Crippen LogP contribution is 2.18. The number of nitrogens with one attached hydrogen (secondary N) is 1. The normalized spacial score (nSPS) is 14.7. The van der Waals surface area contributed by atoms with Crippen LogP contribution in [0.5, 0.6) is 0 Å². The number of nitrogens with zero attached hydrogens (tertiary/aromatic N) is 4. The first-order chi connectivity index (χ1) is 16.0. The van der Waals surface area contributed by atoms with Gasteiger partial charge in [-0.15, -0.1) is 0 Å². The third kappa shape index (κ3) is 4.98. The molecule has 3 aromatic rings. The van der Waals surface area contributed by atoms with Crippen LogP contribution in [-0.2, 0) is 4.79 Å². The SMILES string of the molecule is CC(=O)c1ccc(N2CCN(C(=O)[C@H](CO)NC(=O)c3cnc4ccccc4n3)CC2)cc1. The summed E-state index contributed by atoms with van der Waals surface area (Å²) < 4.78 is 0. The van der Waals surface area contributed by atoms with E-state index in [9.17, 15) is 19.5 Å². The van der Waals surface area contributed by atoms with Crippen molar-refractivity contribution in [3.8, 4) is 0 Å². The van der Waals surface area contributed by atoms with Crippen molar-refractivity contribution < 1.29 is 19.5 Å². The molecular weight excluding hydrogens is 422 g/mol. The molecule has 9 nitrogen and oxygen atoms in total. The number of aliphatic hydroxyl groups is 1. The Kier molecular flexibility index (Phi) is 6.60. The molecule has 1 aliphatic heterocycles. The number of carbonyl (C=O) groups is 3. The number of carbonyl (C=O) groups excluding carboxylic acids is 3. The molecule has 0 radical (unpaired) electrons. The molecule has 2 N–H and O–H groups in total. The monoisotopic (exact) mass is 447 g/mol. The molecule has 1 fully saturated rings. The van der Waals surface area contributed by atoms with Crippen molar-refractivity contribution >= 4 is 34.3 Å². The smallest absolute Gasteiger partial charge is 0.272 e. The van der Waals surface area contributed by atoms with Crippen LogP contribution < -0.4 is 10.2 Å². The van der Waals surface area contributed by atoms with Crippen LogP contribution in [-0.4, -0.2) is 76.4 Å². The van der Waals surface area contributed by atoms with Gasteiger partial charge in [-0.2, -0.15) is 0 Å². The molecule has 0 saturated carbocycles. The van der Waals surface area contributed by atoms with E-state index in [2.05, 4.69) is 20.2 Å². The molecule has 0 spiro atoms. The summed E-state index contributed by atoms with van der Waals surface area (Å²) in [5, 5.41) is 12.3. The fourth-order valence-electron chi connectivity index (χ4n) is 3.80. The molecule has 1 saturated heterocycles. The van der Waals surface area contributed by atoms with Crippen molar-refractivity contribution in [1.82, 2.24) is 20.2 Å². The highest BCUT2D eigenvalue weighted by atomic mass is 16.3. The number of Topliss-reactive ketones (excluding diaryl/α,β-unsaturated/α-hetero) is 1. The maximum Gasteiger partial charge on any atom is 0.272 e. The number of benzene rings is 2. The predicted octanol–water partition coefficient (Wildman–Crippen LogP) is 1.27. The first-order valence-corrected chi connectivity index (χ1v) is 10.7. The molecule has 0 aliphatic carbocycles. The van der Waals surface area contributed by atoms with E-state index in [-0.39, 0.29) is 17.4 Å². The van der Waals surface area contributed by atoms with Gasteiger partial charge in [-0.25, -0.2) is 4.98 Å². The van der Waals surface area contributed by atoms with Crippen molar-refractivity contribution in [2.45, 2.75) is 13.0 Å². The molecule has 170 valence electrons. The highest BCUT2D eigenvalue weighted by molar-refractivity contribution is 5.97. The zero-order valence-electron chi connectivity index (χ0n) is 18.3. The van der Waals surface area contributed by atoms with Gasteiger partial charge in [-0.05, 0) is 43.3 Å². The maximum atomic E-state index is 12.9. The van der Waals surface area contributed by atoms with Crippen LogP contribution in [0.25, 0.3) is 11.0 Å². The summed E-state index contributed by atoms with van der Waals surface area (Å²) >= 11 is 0. The molecule has 4 rings (SSSR count). The fraction of sp³-hybridized carbons (Fsp3) is 0.292. The summed E-state index contributed by atoms with van der Waals surface area (Å²) in [5.41, 5.74) is 2.96. The minimum atomic E-state index is -1.06. The number of amides is 2. The van der Waals surface area contributed by atoms with Crippen LogP contribution in [0, 0.1) is 0 Å². The van der Waals surface area contributed by atoms with Crippen LogP contribution in [0.4, 0.5) is 5.69 Å². The summed E-state index contributed by atoms with van der Waals surface area (Å²) in [6.45, 7) is 3.13. The maximum absolute atomic E-state index is 12.9. The number of fused-ring (bicyclic) bond motifs is 1. The summed E-state index contributed by atoms with van der Waals surface area (Å²) in [6.07, 6.45) is 1.35. The first-order valence-electron chi connectivity index (χ1n) is 10.7. The molecular formula is C24H25N5O4. The van der Waals surface area contributed by atoms with Gasteiger partial charge in [-0.3, -0.25) is 19.4 Å². The standard InChI is InChI=1S/C24H25N5O4/c1-16(31)17-6-8-18(9-7-17)28-10-12-29(13-11-28)24(33)22(15-30)27-23(32)21-14-25-19-4-2-3-5-20(19)26-21/h2-9,14,22,30H,10-13,15H2,1H3,(H,27,32)/t22-/m0/s1. The van der Waals surface area contributed by atoms with E-state index in [1.165, 1.54) is 13.1 Å². The second kappa shape index (κ2) is 9.74. The lowest BCUT2D eigenvalue weighted by Crippen LogP contribution is -2.56. The minimum absolute atomic E-state index is 0.0173. The van der Waals surface area contributed by atoms with Gasteiger partial charge in [0.25, 0.3) is 5.91 Å². The molecule has 9 heteroatoms. The molecule has 2 amide bonds. The van der Waals surface area contributed by atoms with Gasteiger partial charge < -0.3 is 20.2 Å². The van der Waals surface area contributed by atoms with E-state index < -0.39 is 18.6 Å². The Hall–Kier alpha value is -3.85. The Morgan fingerprint density at radius 2 is 1.67 bits per heavy atom. The second-order valence-corrected chi connectivity index (χ2v) is 7.87. The van der Waals surface area contributed by atoms with Crippen LogP contribution in [0.1, 0.15) is 27.8 Å². The molecule has 0 bridgehead atoms. The molecule has 33 heavy (non-hydrogen) atoms. The van der Waals surface area contributed by atoms with E-state index in [0.29, 0.717) is 42.8 Å². The number of anilines is 1. The largest absolute Gasteiger partial charge is 0.394 e. The van der Waals surface area contributed by atoms with Gasteiger partial charge in [0, 0.05) is 37.4 Å². The lowest BCUT2D eigenvalue weighted by molar-refractivity contribution is -0.134. The van der Waals surface area contributed by atoms with E-state index in [4.69, 9.17) is 0 Å². The van der Waals surface area contributed by atoms with Gasteiger partial charge in [0.2, 0.25) is 5.91 Å². The van der Waals surface area contributed by atoms with Crippen LogP contribution in [0.2, 0.25) is 0 Å². The Balaban J connectivity index is 1.36. The average molecular weight is 447 g/mol. The first kappa shape index (κ1) is 22.3. The quantitative estimate of drug-likeness (QED) is 0.547. The van der Waals surface area contributed by atoms with Crippen molar-refractivity contribution in [2.75, 3.05) is 37.7 Å². The number of aliphatic hydroxyl groups excluding tert-OH is 1. The molecule has 2 heterocycles. The molecule has 1 atom stereocenters. The topological polar surface area (TPSA) is 116 Å². The highest BCUT2D eigenvalue weighted by Gasteiger charge is 2.29. The van der Waals surface area contributed by atoms with Crippen LogP contribution in [0.15, 0.2) is 54.7 Å². The number of ketones is 1. The van der Waals surface area contributed by atoms with Gasteiger partial charge in [0.15, 0.2) is 5.78 Å². The lowest BCUT2D eigenvalue weighted by Gasteiger charge is -2.37. The predicted molar refractivity (Wildman–Crippen MR) is 123 cm³/mol. The lowest BCUT2D eigenvalue weighted by atomic mass is 10.1. The summed E-state index contributed by atoms with van der Waals surface area (Å²) in [6, 6.07) is 13.5. The van der Waals surface area contributed by atoms with E-state index in [1.807, 2.05) is 18.2 Å². The zero-order chi connectivity index (χ0) is 23.4. The van der Waals surface area contributed by atoms with E-state index >= 15 is 0 Å². The van der Waals surface area contributed by atoms with Crippen molar-refractivity contribution in [3.05, 3.63) is 66.0 Å². The summed E-state index contributed by atoms with van der Waals surface area (Å²) in [5.74, 6) is -0.889. The molecule has 0 unspecified atom stereocenters. The Morgan fingerprint density at radius 1 is 1.00 bits per heavy atom. The fourth-order valence-corrected chi connectivity index (χ4v) is 3.80. The third-order valence-electron chi connectivity index (χ3n) is 5.70. The Morgan fingerprint density at radius 3 is 2.30 bits per heavy atom. The van der Waals surface area contributed by atoms with Crippen molar-refractivity contribution in [2.24, 2.45) is 0 Å². The molecule has 2 aromatic carbocycles. The number of para-hydroxylation sites is 2. The van der Waals surface area contributed by atoms with Gasteiger partial charge in [0.05, 0.1) is 23.8 Å². The average Bonchev–Trinajstić information content (AvgIpc) is 2.86. The van der Waals surface area contributed by atoms with E-state index in [0.717, 1.165) is 5.69 Å². The third-order valence-corrected chi connectivity index (χ3v) is 5.70. The Bertz CT molecular complexity index is 1170. The van der Waals surface area contributed by atoms with Crippen LogP contribution in [0.3, 0.4) is 0 Å². The van der Waals surface area contributed by atoms with Gasteiger partial charge >= 0.3 is 0 Å². The number of hydrogen-bond acceptors (Lipinski definition) is 7. The number of hydrogen-bond donors (Lipinski definition) is 2. The number of rotatable bonds is 6. The van der Waals surface area contributed by atoms with Gasteiger partial charge in [0.1, 0.15) is 11.7 Å². The van der Waals surface area contributed by atoms with Crippen LogP contribution >= 0.6 is 0 Å². The second-order valence-electron chi connectivity index (χ2n) is 7.87. The molecule has 1 aromatic heterocycles. The summed E-state index contributed by atoms with van der Waals surface area (Å²) in [4.78, 5) is 49.3. The molecule has 1 aliphatic rings. The minimum Gasteiger partial charge on any atom is -0.394 e. The van der Waals surface area contributed by atoms with Crippen molar-refractivity contribution in [3.63, 3.8) is 0 Å². The Labute approximate surface area is 191 Å².